The van der Waals surface area contributed by atoms with Crippen LogP contribution in [0, 0.1) is 62.7 Å². The Labute approximate surface area is 157 Å². The molecule has 0 atom stereocenters. The summed E-state index contributed by atoms with van der Waals surface area (Å²) in [6.45, 7) is 15.1. The predicted molar refractivity (Wildman–Crippen MR) is 97.8 cm³/mol. The summed E-state index contributed by atoms with van der Waals surface area (Å²) in [6.07, 6.45) is 3.66. The second kappa shape index (κ2) is 12.1. The van der Waals surface area contributed by atoms with E-state index >= 15 is 0 Å². The van der Waals surface area contributed by atoms with Crippen LogP contribution in [0.25, 0.3) is 0 Å². The Kier molecular flexibility index (Phi) is 15.1. The van der Waals surface area contributed by atoms with Gasteiger partial charge in [0.1, 0.15) is 0 Å². The Morgan fingerprint density at radius 1 is 0.818 bits per heavy atom. The average Bonchev–Trinajstić information content (AvgIpc) is 2.65. The van der Waals surface area contributed by atoms with Crippen molar-refractivity contribution in [3.63, 3.8) is 0 Å². The van der Waals surface area contributed by atoms with E-state index in [-0.39, 0.29) is 36.6 Å². The molecule has 1 aliphatic rings. The van der Waals surface area contributed by atoms with Crippen molar-refractivity contribution < 1.29 is 21.7 Å². The number of hydrogen-bond donors (Lipinski definition) is 0. The van der Waals surface area contributed by atoms with Gasteiger partial charge < -0.3 is 19.8 Å². The largest absolute Gasteiger partial charge is 3.00 e. The van der Waals surface area contributed by atoms with Crippen LogP contribution in [0.4, 0.5) is 0 Å². The van der Waals surface area contributed by atoms with E-state index < -0.39 is 0 Å². The van der Waals surface area contributed by atoms with Crippen LogP contribution < -0.4 is 0 Å². The first-order valence-electron chi connectivity index (χ1n) is 7.72. The van der Waals surface area contributed by atoms with E-state index in [9.17, 15) is 0 Å². The Bertz CT molecular complexity index is 260. The maximum absolute atomic E-state index is 2.48. The molecule has 0 bridgehead atoms. The Balaban J connectivity index is -0.00000120. The number of rotatable bonds is 6. The first-order chi connectivity index (χ1) is 8.75. The van der Waals surface area contributed by atoms with Gasteiger partial charge in [-0.2, -0.15) is 0 Å². The van der Waals surface area contributed by atoms with Gasteiger partial charge in [-0.15, -0.1) is 0 Å². The Hall–Kier alpha value is 0.674. The molecule has 1 rings (SSSR count). The molecule has 0 heterocycles. The quantitative estimate of drug-likeness (QED) is 0.467. The van der Waals surface area contributed by atoms with Crippen LogP contribution in [-0.4, -0.2) is 25.5 Å². The fourth-order valence-corrected chi connectivity index (χ4v) is 2.95. The minimum absolute atomic E-state index is 0. The van der Waals surface area contributed by atoms with Crippen molar-refractivity contribution in [3.05, 3.63) is 44.9 Å². The van der Waals surface area contributed by atoms with E-state index in [4.69, 9.17) is 0 Å². The molecular weight excluding hydrogens is 302 g/mol. The molecule has 0 spiro atoms. The van der Waals surface area contributed by atoms with Gasteiger partial charge in [-0.1, -0.05) is 41.5 Å². The summed E-state index contributed by atoms with van der Waals surface area (Å²) in [5.74, 6) is 8.29. The van der Waals surface area contributed by atoms with Crippen LogP contribution >= 0.6 is 0 Å². The van der Waals surface area contributed by atoms with E-state index in [1.807, 2.05) is 0 Å². The van der Waals surface area contributed by atoms with Gasteiger partial charge in [0, 0.05) is 0 Å². The van der Waals surface area contributed by atoms with Gasteiger partial charge in [-0.25, -0.2) is 0 Å². The fourth-order valence-electron chi connectivity index (χ4n) is 2.95. The molecule has 0 N–H and O–H groups in total. The van der Waals surface area contributed by atoms with Crippen LogP contribution in [-0.2, 0) is 21.7 Å². The monoisotopic (exact) mass is 340 g/mol. The summed E-state index contributed by atoms with van der Waals surface area (Å²) in [4.78, 5) is 2.29. The zero-order chi connectivity index (χ0) is 14.7. The molecule has 1 fully saturated rings. The molecule has 22 heavy (non-hydrogen) atoms. The van der Waals surface area contributed by atoms with Crippen LogP contribution in [0.15, 0.2) is 0 Å². The summed E-state index contributed by atoms with van der Waals surface area (Å²) in [5.41, 5.74) is 0. The molecule has 0 aliphatic heterocycles. The molecule has 126 valence electrons. The second-order valence-electron chi connectivity index (χ2n) is 6.96. The van der Waals surface area contributed by atoms with Gasteiger partial charge in [0.25, 0.3) is 0 Å². The standard InChI is InChI=1S/C18H32N.2CH3.Ti/c1-12(2)16-11-17(13(3)4)18(14(5)6)15(16)9-10-19(7)8;;;/h11-14H,9-10H2,1-8H3;2*1H3;/q;2*-1;+3. The fraction of sp³-hybridized carbons (Fsp3) is 0.650. The molecule has 0 unspecified atom stereocenters. The molecule has 1 aliphatic carbocycles. The van der Waals surface area contributed by atoms with E-state index in [0.717, 1.165) is 6.54 Å². The SMILES string of the molecule is CC(C)[C]1[CH][C](C(C)C)[C](C(C)C)[C]1CCN(C)C.[CH3-].[CH3-].[Ti+3]. The molecule has 0 aromatic heterocycles. The molecular formula is C20H38NTi+. The topological polar surface area (TPSA) is 3.24 Å². The number of hydrogen-bond acceptors (Lipinski definition) is 1. The smallest absolute Gasteiger partial charge is 0.358 e. The minimum atomic E-state index is 0. The van der Waals surface area contributed by atoms with Crippen molar-refractivity contribution >= 4 is 0 Å². The van der Waals surface area contributed by atoms with Gasteiger partial charge in [0.05, 0.1) is 0 Å². The minimum Gasteiger partial charge on any atom is -0.358 e. The summed E-state index contributed by atoms with van der Waals surface area (Å²) < 4.78 is 0. The zero-order valence-corrected chi connectivity index (χ0v) is 18.2. The van der Waals surface area contributed by atoms with E-state index in [0.29, 0.717) is 17.8 Å². The van der Waals surface area contributed by atoms with Gasteiger partial charge in [-0.05, 0) is 74.9 Å². The molecule has 2 heteroatoms. The molecule has 0 aromatic carbocycles. The maximum Gasteiger partial charge on any atom is 3.00 e. The first kappa shape index (κ1) is 27.5. The first-order valence-corrected chi connectivity index (χ1v) is 7.72. The van der Waals surface area contributed by atoms with Crippen LogP contribution in [0.5, 0.6) is 0 Å². The predicted octanol–water partition coefficient (Wildman–Crippen LogP) is 5.32. The molecule has 0 saturated heterocycles. The van der Waals surface area contributed by atoms with Crippen LogP contribution in [0.3, 0.4) is 0 Å². The van der Waals surface area contributed by atoms with Crippen LogP contribution in [0.1, 0.15) is 48.0 Å². The molecule has 0 amide bonds. The van der Waals surface area contributed by atoms with Crippen molar-refractivity contribution in [1.82, 2.24) is 4.90 Å². The molecule has 1 nitrogen and oxygen atoms in total. The second-order valence-corrected chi connectivity index (χ2v) is 6.96. The summed E-state index contributed by atoms with van der Waals surface area (Å²) in [6, 6.07) is 0. The maximum atomic E-state index is 2.48. The van der Waals surface area contributed by atoms with E-state index in [2.05, 4.69) is 67.0 Å². The third-order valence-electron chi connectivity index (χ3n) is 3.93. The van der Waals surface area contributed by atoms with Crippen molar-refractivity contribution in [3.8, 4) is 0 Å². The third-order valence-corrected chi connectivity index (χ3v) is 3.93. The normalized spacial score (nSPS) is 18.0. The van der Waals surface area contributed by atoms with Crippen molar-refractivity contribution in [2.75, 3.05) is 20.6 Å². The summed E-state index contributed by atoms with van der Waals surface area (Å²) in [7, 11) is 4.33. The molecule has 0 aromatic rings. The average molecular weight is 340 g/mol. The van der Waals surface area contributed by atoms with Gasteiger partial charge in [0.2, 0.25) is 0 Å². The van der Waals surface area contributed by atoms with Crippen molar-refractivity contribution in [2.45, 2.75) is 48.0 Å². The molecule has 6 radical (unpaired) electrons. The van der Waals surface area contributed by atoms with Crippen molar-refractivity contribution in [1.29, 1.82) is 0 Å². The summed E-state index contributed by atoms with van der Waals surface area (Å²) in [5, 5.41) is 0. The van der Waals surface area contributed by atoms with Gasteiger partial charge in [0.15, 0.2) is 0 Å². The van der Waals surface area contributed by atoms with E-state index in [1.54, 1.807) is 23.7 Å². The van der Waals surface area contributed by atoms with Crippen molar-refractivity contribution in [2.24, 2.45) is 17.8 Å². The summed E-state index contributed by atoms with van der Waals surface area (Å²) >= 11 is 0. The van der Waals surface area contributed by atoms with Crippen LogP contribution in [0.2, 0.25) is 0 Å². The Morgan fingerprint density at radius 2 is 1.27 bits per heavy atom. The van der Waals surface area contributed by atoms with Gasteiger partial charge >= 0.3 is 21.7 Å². The third kappa shape index (κ3) is 7.06. The molecule has 1 saturated carbocycles. The zero-order valence-electron chi connectivity index (χ0n) is 16.7. The number of nitrogens with zero attached hydrogens (tertiary/aromatic N) is 1. The Morgan fingerprint density at radius 3 is 1.59 bits per heavy atom. The van der Waals surface area contributed by atoms with E-state index in [1.165, 1.54) is 6.42 Å². The van der Waals surface area contributed by atoms with Gasteiger partial charge in [-0.3, -0.25) is 0 Å².